The molecule has 5 nitrogen and oxygen atoms in total. The van der Waals surface area contributed by atoms with E-state index < -0.39 is 22.4 Å². The van der Waals surface area contributed by atoms with Crippen molar-refractivity contribution in [1.82, 2.24) is 0 Å². The Labute approximate surface area is 103 Å². The van der Waals surface area contributed by atoms with Crippen molar-refractivity contribution in [2.45, 2.75) is 13.3 Å². The lowest BCUT2D eigenvalue weighted by Crippen LogP contribution is -2.01. The third-order valence-electron chi connectivity index (χ3n) is 1.93. The van der Waals surface area contributed by atoms with E-state index in [4.69, 9.17) is 0 Å². The van der Waals surface area contributed by atoms with Crippen LogP contribution in [0, 0.1) is 27.8 Å². The zero-order chi connectivity index (χ0) is 13.5. The topological polar surface area (TPSA) is 69.4 Å². The first-order valence-corrected chi connectivity index (χ1v) is 5.13. The van der Waals surface area contributed by atoms with E-state index in [9.17, 15) is 19.3 Å². The summed E-state index contributed by atoms with van der Waals surface area (Å²) < 4.78 is 17.8. The molecule has 0 aliphatic heterocycles. The first-order chi connectivity index (χ1) is 8.56. The fraction of sp³-hybridized carbons (Fsp3) is 0.250. The average molecular weight is 251 g/mol. The molecule has 0 N–H and O–H groups in total. The zero-order valence-electron chi connectivity index (χ0n) is 9.60. The predicted octanol–water partition coefficient (Wildman–Crippen LogP) is 2.04. The normalized spacial score (nSPS) is 9.22. The Morgan fingerprint density at radius 2 is 2.28 bits per heavy atom. The Hall–Kier alpha value is -2.42. The van der Waals surface area contributed by atoms with Crippen molar-refractivity contribution < 1.29 is 18.8 Å². The lowest BCUT2D eigenvalue weighted by Gasteiger charge is -1.97. The number of para-hydroxylation sites is 1. The van der Waals surface area contributed by atoms with E-state index >= 15 is 0 Å². The molecule has 0 radical (unpaired) electrons. The summed E-state index contributed by atoms with van der Waals surface area (Å²) in [4.78, 5) is 20.8. The highest BCUT2D eigenvalue weighted by Crippen LogP contribution is 2.21. The van der Waals surface area contributed by atoms with Crippen molar-refractivity contribution in [2.24, 2.45) is 0 Å². The number of benzene rings is 1. The molecule has 0 saturated heterocycles. The van der Waals surface area contributed by atoms with E-state index in [0.29, 0.717) is 0 Å². The molecule has 0 saturated carbocycles. The third-order valence-corrected chi connectivity index (χ3v) is 1.93. The number of carbonyl (C=O) groups excluding carboxylic acids is 1. The number of ether oxygens (including phenoxy) is 1. The van der Waals surface area contributed by atoms with Crippen molar-refractivity contribution in [3.63, 3.8) is 0 Å². The summed E-state index contributed by atoms with van der Waals surface area (Å²) in [5.74, 6) is 3.33. The van der Waals surface area contributed by atoms with Crippen molar-refractivity contribution in [1.29, 1.82) is 0 Å². The van der Waals surface area contributed by atoms with E-state index in [-0.39, 0.29) is 18.6 Å². The van der Waals surface area contributed by atoms with Gasteiger partial charge in [-0.2, -0.15) is 4.39 Å². The van der Waals surface area contributed by atoms with E-state index in [1.165, 1.54) is 12.1 Å². The van der Waals surface area contributed by atoms with Crippen molar-refractivity contribution in [3.8, 4) is 11.8 Å². The first kappa shape index (κ1) is 13.6. The molecule has 0 atom stereocenters. The largest absolute Gasteiger partial charge is 0.465 e. The Balaban J connectivity index is 2.92. The summed E-state index contributed by atoms with van der Waals surface area (Å²) in [6.07, 6.45) is -0.193. The van der Waals surface area contributed by atoms with Crippen LogP contribution in [0.1, 0.15) is 18.9 Å². The van der Waals surface area contributed by atoms with Gasteiger partial charge in [-0.25, -0.2) is 0 Å². The minimum Gasteiger partial charge on any atom is -0.465 e. The highest BCUT2D eigenvalue weighted by Gasteiger charge is 2.18. The first-order valence-electron chi connectivity index (χ1n) is 5.13. The number of rotatable bonds is 3. The highest BCUT2D eigenvalue weighted by molar-refractivity contribution is 5.72. The summed E-state index contributed by atoms with van der Waals surface area (Å²) in [6.45, 7) is 1.89. The number of hydrogen-bond acceptors (Lipinski definition) is 4. The van der Waals surface area contributed by atoms with Crippen LogP contribution < -0.4 is 0 Å². The van der Waals surface area contributed by atoms with Gasteiger partial charge in [0.25, 0.3) is 0 Å². The Bertz CT molecular complexity index is 531. The number of nitro benzene ring substituents is 1. The monoisotopic (exact) mass is 251 g/mol. The van der Waals surface area contributed by atoms with E-state index in [0.717, 1.165) is 6.07 Å². The van der Waals surface area contributed by atoms with Gasteiger partial charge in [0.05, 0.1) is 11.5 Å². The van der Waals surface area contributed by atoms with Gasteiger partial charge in [-0.3, -0.25) is 14.9 Å². The van der Waals surface area contributed by atoms with Crippen LogP contribution >= 0.6 is 0 Å². The maximum absolute atomic E-state index is 13.2. The summed E-state index contributed by atoms with van der Waals surface area (Å²) in [6, 6.07) is 3.62. The molecule has 94 valence electrons. The zero-order valence-corrected chi connectivity index (χ0v) is 9.60. The molecule has 0 bridgehead atoms. The number of hydrogen-bond donors (Lipinski definition) is 0. The molecule has 0 heterocycles. The standard InChI is InChI=1S/C12H10FNO4/c1-2-18-11(15)8-4-6-9-5-3-7-10(13)12(9)14(16)17/h3,5,7H,2,8H2,1H3. The van der Waals surface area contributed by atoms with Gasteiger partial charge in [-0.15, -0.1) is 0 Å². The molecule has 0 aliphatic rings. The molecule has 0 fully saturated rings. The molecule has 1 aromatic carbocycles. The van der Waals surface area contributed by atoms with Crippen LogP contribution in [0.2, 0.25) is 0 Å². The summed E-state index contributed by atoms with van der Waals surface area (Å²) in [5, 5.41) is 10.6. The van der Waals surface area contributed by atoms with E-state index in [1.54, 1.807) is 6.92 Å². The van der Waals surface area contributed by atoms with Gasteiger partial charge in [-0.05, 0) is 19.1 Å². The van der Waals surface area contributed by atoms with Crippen LogP contribution in [-0.2, 0) is 9.53 Å². The molecule has 0 aromatic heterocycles. The maximum Gasteiger partial charge on any atom is 0.320 e. The fourth-order valence-electron chi connectivity index (χ4n) is 1.23. The van der Waals surface area contributed by atoms with Gasteiger partial charge in [0, 0.05) is 0 Å². The van der Waals surface area contributed by atoms with Crippen LogP contribution in [0.4, 0.5) is 10.1 Å². The Morgan fingerprint density at radius 3 is 2.89 bits per heavy atom. The quantitative estimate of drug-likeness (QED) is 0.357. The van der Waals surface area contributed by atoms with Crippen molar-refractivity contribution in [3.05, 3.63) is 39.7 Å². The summed E-state index contributed by atoms with van der Waals surface area (Å²) in [7, 11) is 0. The molecule has 6 heteroatoms. The number of halogens is 1. The number of esters is 1. The second kappa shape index (κ2) is 6.35. The van der Waals surface area contributed by atoms with Crippen LogP contribution in [0.25, 0.3) is 0 Å². The summed E-state index contributed by atoms with van der Waals surface area (Å²) in [5.41, 5.74) is -0.752. The maximum atomic E-state index is 13.2. The minimum absolute atomic E-state index is 0.0655. The Kier molecular flexibility index (Phi) is 4.81. The van der Waals surface area contributed by atoms with Crippen molar-refractivity contribution in [2.75, 3.05) is 6.61 Å². The molecule has 1 aromatic rings. The fourth-order valence-corrected chi connectivity index (χ4v) is 1.23. The highest BCUT2D eigenvalue weighted by atomic mass is 19.1. The van der Waals surface area contributed by atoms with Crippen molar-refractivity contribution >= 4 is 11.7 Å². The van der Waals surface area contributed by atoms with Gasteiger partial charge in [0.2, 0.25) is 5.82 Å². The van der Waals surface area contributed by atoms with Crippen LogP contribution in [-0.4, -0.2) is 17.5 Å². The predicted molar refractivity (Wildman–Crippen MR) is 61.2 cm³/mol. The van der Waals surface area contributed by atoms with Gasteiger partial charge in [0.15, 0.2) is 0 Å². The molecule has 0 amide bonds. The minimum atomic E-state index is -0.956. The average Bonchev–Trinajstić information content (AvgIpc) is 2.28. The van der Waals surface area contributed by atoms with E-state index in [1.807, 2.05) is 0 Å². The van der Waals surface area contributed by atoms with E-state index in [2.05, 4.69) is 16.6 Å². The summed E-state index contributed by atoms with van der Waals surface area (Å²) >= 11 is 0. The smallest absolute Gasteiger partial charge is 0.320 e. The molecule has 0 unspecified atom stereocenters. The molecule has 0 spiro atoms. The van der Waals surface area contributed by atoms with Crippen LogP contribution in [0.5, 0.6) is 0 Å². The van der Waals surface area contributed by atoms with Crippen LogP contribution in [0.15, 0.2) is 18.2 Å². The van der Waals surface area contributed by atoms with Crippen LogP contribution in [0.3, 0.4) is 0 Å². The second-order valence-corrected chi connectivity index (χ2v) is 3.18. The lowest BCUT2D eigenvalue weighted by atomic mass is 10.1. The number of carbonyl (C=O) groups is 1. The number of nitro groups is 1. The van der Waals surface area contributed by atoms with Gasteiger partial charge >= 0.3 is 11.7 Å². The third kappa shape index (κ3) is 3.56. The molecular weight excluding hydrogens is 241 g/mol. The molecule has 1 rings (SSSR count). The number of nitrogens with zero attached hydrogens (tertiary/aromatic N) is 1. The Morgan fingerprint density at radius 1 is 1.56 bits per heavy atom. The van der Waals surface area contributed by atoms with Gasteiger partial charge in [0.1, 0.15) is 12.0 Å². The molecule has 0 aliphatic carbocycles. The molecule has 18 heavy (non-hydrogen) atoms. The lowest BCUT2D eigenvalue weighted by molar-refractivity contribution is -0.387. The molecular formula is C12H10FNO4. The van der Waals surface area contributed by atoms with Gasteiger partial charge < -0.3 is 4.74 Å². The SMILES string of the molecule is CCOC(=O)CC#Cc1cccc(F)c1[N+](=O)[O-]. The second-order valence-electron chi connectivity index (χ2n) is 3.18. The van der Waals surface area contributed by atoms with Gasteiger partial charge in [-0.1, -0.05) is 17.9 Å².